The summed E-state index contributed by atoms with van der Waals surface area (Å²) in [6.07, 6.45) is 2.82. The molecule has 2 rings (SSSR count). The third-order valence-corrected chi connectivity index (χ3v) is 4.93. The van der Waals surface area contributed by atoms with Gasteiger partial charge in [0.15, 0.2) is 5.96 Å². The molecule has 22 heavy (non-hydrogen) atoms. The molecule has 2 N–H and O–H groups in total. The summed E-state index contributed by atoms with van der Waals surface area (Å²) < 4.78 is 14.6. The number of nitrogens with one attached hydrogen (secondary N) is 2. The molecule has 0 atom stereocenters. The highest BCUT2D eigenvalue weighted by Gasteiger charge is 2.02. The highest BCUT2D eigenvalue weighted by molar-refractivity contribution is 8.00. The fraction of sp³-hybridized carbons (Fsp3) is 0.333. The van der Waals surface area contributed by atoms with E-state index in [1.165, 1.54) is 6.07 Å². The van der Waals surface area contributed by atoms with Crippen LogP contribution in [0.15, 0.2) is 45.2 Å². The molecule has 0 spiro atoms. The Labute approximate surface area is 138 Å². The molecule has 1 aromatic heterocycles. The third kappa shape index (κ3) is 5.65. The van der Waals surface area contributed by atoms with Gasteiger partial charge < -0.3 is 10.6 Å². The SMILES string of the molecule is CN=C(NCCCSc1nccs1)NCc1ccccc1F. The number of hydrogen-bond donors (Lipinski definition) is 2. The van der Waals surface area contributed by atoms with Gasteiger partial charge in [0.2, 0.25) is 0 Å². The number of guanidine groups is 1. The summed E-state index contributed by atoms with van der Waals surface area (Å²) in [5, 5.41) is 8.32. The minimum atomic E-state index is -0.203. The first kappa shape index (κ1) is 16.8. The van der Waals surface area contributed by atoms with Crippen molar-refractivity contribution in [3.05, 3.63) is 47.2 Å². The van der Waals surface area contributed by atoms with Crippen molar-refractivity contribution in [3.63, 3.8) is 0 Å². The van der Waals surface area contributed by atoms with Gasteiger partial charge in [0.25, 0.3) is 0 Å². The van der Waals surface area contributed by atoms with Crippen molar-refractivity contribution in [1.82, 2.24) is 15.6 Å². The average Bonchev–Trinajstić information content (AvgIpc) is 3.05. The van der Waals surface area contributed by atoms with Crippen molar-refractivity contribution in [2.24, 2.45) is 4.99 Å². The highest BCUT2D eigenvalue weighted by Crippen LogP contribution is 2.20. The number of nitrogens with zero attached hydrogens (tertiary/aromatic N) is 2. The maximum atomic E-state index is 13.5. The number of aromatic nitrogens is 1. The molecule has 0 radical (unpaired) electrons. The summed E-state index contributed by atoms with van der Waals surface area (Å²) in [4.78, 5) is 8.36. The van der Waals surface area contributed by atoms with Gasteiger partial charge in [-0.15, -0.1) is 11.3 Å². The summed E-state index contributed by atoms with van der Waals surface area (Å²) in [5.74, 6) is 1.48. The van der Waals surface area contributed by atoms with Gasteiger partial charge in [-0.2, -0.15) is 0 Å². The van der Waals surface area contributed by atoms with Gasteiger partial charge in [-0.05, 0) is 12.5 Å². The maximum Gasteiger partial charge on any atom is 0.191 e. The second-order valence-corrected chi connectivity index (χ2v) is 6.68. The largest absolute Gasteiger partial charge is 0.356 e. The third-order valence-electron chi connectivity index (χ3n) is 2.88. The van der Waals surface area contributed by atoms with Crippen molar-refractivity contribution < 1.29 is 4.39 Å². The summed E-state index contributed by atoms with van der Waals surface area (Å²) in [7, 11) is 1.71. The van der Waals surface area contributed by atoms with Gasteiger partial charge in [0.05, 0.1) is 0 Å². The molecule has 2 aromatic rings. The van der Waals surface area contributed by atoms with Crippen LogP contribution in [-0.2, 0) is 6.54 Å². The highest BCUT2D eigenvalue weighted by atomic mass is 32.2. The molecule has 0 unspecified atom stereocenters. The van der Waals surface area contributed by atoms with E-state index in [1.54, 1.807) is 42.3 Å². The molecule has 0 aliphatic carbocycles. The monoisotopic (exact) mass is 338 g/mol. The van der Waals surface area contributed by atoms with E-state index in [9.17, 15) is 4.39 Å². The van der Waals surface area contributed by atoms with E-state index < -0.39 is 0 Å². The molecule has 0 aliphatic heterocycles. The zero-order valence-corrected chi connectivity index (χ0v) is 14.0. The molecule has 0 fully saturated rings. The first-order valence-corrected chi connectivity index (χ1v) is 8.86. The normalized spacial score (nSPS) is 11.5. The van der Waals surface area contributed by atoms with Crippen molar-refractivity contribution in [2.45, 2.75) is 17.3 Å². The molecule has 0 amide bonds. The summed E-state index contributed by atoms with van der Waals surface area (Å²) in [6.45, 7) is 1.23. The van der Waals surface area contributed by atoms with E-state index in [2.05, 4.69) is 20.6 Å². The number of benzene rings is 1. The van der Waals surface area contributed by atoms with Gasteiger partial charge in [-0.3, -0.25) is 4.99 Å². The van der Waals surface area contributed by atoms with E-state index in [4.69, 9.17) is 0 Å². The van der Waals surface area contributed by atoms with E-state index in [0.717, 1.165) is 23.1 Å². The van der Waals surface area contributed by atoms with Gasteiger partial charge in [-0.25, -0.2) is 9.37 Å². The maximum absolute atomic E-state index is 13.5. The average molecular weight is 338 g/mol. The molecule has 0 saturated heterocycles. The van der Waals surface area contributed by atoms with Crippen molar-refractivity contribution in [1.29, 1.82) is 0 Å². The minimum Gasteiger partial charge on any atom is -0.356 e. The Morgan fingerprint density at radius 2 is 2.23 bits per heavy atom. The Balaban J connectivity index is 1.64. The Morgan fingerprint density at radius 1 is 1.36 bits per heavy atom. The summed E-state index contributed by atoms with van der Waals surface area (Å²) in [5.41, 5.74) is 0.629. The fourth-order valence-corrected chi connectivity index (χ4v) is 3.41. The van der Waals surface area contributed by atoms with Gasteiger partial charge in [0.1, 0.15) is 10.2 Å². The Bertz CT molecular complexity index is 587. The van der Waals surface area contributed by atoms with Crippen LogP contribution in [-0.4, -0.2) is 30.3 Å². The van der Waals surface area contributed by atoms with Crippen LogP contribution in [0.2, 0.25) is 0 Å². The summed E-state index contributed by atoms with van der Waals surface area (Å²) in [6, 6.07) is 6.74. The molecule has 1 aromatic carbocycles. The Kier molecular flexibility index (Phi) is 7.18. The van der Waals surface area contributed by atoms with Crippen LogP contribution in [0, 0.1) is 5.82 Å². The lowest BCUT2D eigenvalue weighted by molar-refractivity contribution is 0.604. The van der Waals surface area contributed by atoms with Crippen molar-refractivity contribution >= 4 is 29.1 Å². The second kappa shape index (κ2) is 9.42. The molecule has 1 heterocycles. The lowest BCUT2D eigenvalue weighted by Gasteiger charge is -2.12. The minimum absolute atomic E-state index is 0.203. The standard InChI is InChI=1S/C15H19FN4S2/c1-17-14(20-11-12-5-2-3-6-13(12)16)18-7-4-9-21-15-19-8-10-22-15/h2-3,5-6,8,10H,4,7,9,11H2,1H3,(H2,17,18,20). The molecule has 0 saturated carbocycles. The predicted molar refractivity (Wildman–Crippen MR) is 92.1 cm³/mol. The van der Waals surface area contributed by atoms with E-state index in [-0.39, 0.29) is 5.82 Å². The lowest BCUT2D eigenvalue weighted by Crippen LogP contribution is -2.37. The van der Waals surface area contributed by atoms with Crippen LogP contribution < -0.4 is 10.6 Å². The molecule has 0 bridgehead atoms. The zero-order chi connectivity index (χ0) is 15.6. The second-order valence-electron chi connectivity index (χ2n) is 4.44. The van der Waals surface area contributed by atoms with Crippen LogP contribution in [0.25, 0.3) is 0 Å². The van der Waals surface area contributed by atoms with Crippen LogP contribution in [0.3, 0.4) is 0 Å². The van der Waals surface area contributed by atoms with Crippen molar-refractivity contribution in [3.8, 4) is 0 Å². The molecule has 118 valence electrons. The fourth-order valence-electron chi connectivity index (χ4n) is 1.76. The van der Waals surface area contributed by atoms with Crippen molar-refractivity contribution in [2.75, 3.05) is 19.3 Å². The Morgan fingerprint density at radius 3 is 2.95 bits per heavy atom. The van der Waals surface area contributed by atoms with Gasteiger partial charge in [-0.1, -0.05) is 30.0 Å². The number of thioether (sulfide) groups is 1. The van der Waals surface area contributed by atoms with Crippen LogP contribution >= 0.6 is 23.1 Å². The molecule has 0 aliphatic rings. The van der Waals surface area contributed by atoms with Crippen LogP contribution in [0.5, 0.6) is 0 Å². The van der Waals surface area contributed by atoms with E-state index in [1.807, 2.05) is 17.6 Å². The molecule has 4 nitrogen and oxygen atoms in total. The quantitative estimate of drug-likeness (QED) is 0.352. The smallest absolute Gasteiger partial charge is 0.191 e. The Hall–Kier alpha value is -1.60. The molecular weight excluding hydrogens is 319 g/mol. The summed E-state index contributed by atoms with van der Waals surface area (Å²) >= 11 is 3.41. The number of halogens is 1. The van der Waals surface area contributed by atoms with Gasteiger partial charge in [0, 0.05) is 43.0 Å². The number of aliphatic imine (C=N–C) groups is 1. The van der Waals surface area contributed by atoms with Gasteiger partial charge >= 0.3 is 0 Å². The topological polar surface area (TPSA) is 49.3 Å². The molecule has 7 heteroatoms. The number of rotatable bonds is 7. The van der Waals surface area contributed by atoms with Crippen LogP contribution in [0.1, 0.15) is 12.0 Å². The zero-order valence-electron chi connectivity index (χ0n) is 12.4. The lowest BCUT2D eigenvalue weighted by atomic mass is 10.2. The first-order valence-electron chi connectivity index (χ1n) is 7.00. The predicted octanol–water partition coefficient (Wildman–Crippen LogP) is 3.13. The molecular formula is C15H19FN4S2. The van der Waals surface area contributed by atoms with Crippen LogP contribution in [0.4, 0.5) is 4.39 Å². The van der Waals surface area contributed by atoms with E-state index >= 15 is 0 Å². The number of hydrogen-bond acceptors (Lipinski definition) is 4. The van der Waals surface area contributed by atoms with E-state index in [0.29, 0.717) is 18.1 Å². The number of thiazole rings is 1. The first-order chi connectivity index (χ1) is 10.8.